The molecule has 0 saturated carbocycles. The van der Waals surface area contributed by atoms with E-state index >= 15 is 0 Å². The number of nitrogens with zero attached hydrogens (tertiary/aromatic N) is 1. The minimum atomic E-state index is -0.964. The van der Waals surface area contributed by atoms with E-state index < -0.39 is 5.97 Å². The summed E-state index contributed by atoms with van der Waals surface area (Å²) in [5.41, 5.74) is 4.87. The fourth-order valence-corrected chi connectivity index (χ4v) is 3.51. The first-order valence-electron chi connectivity index (χ1n) is 9.28. The van der Waals surface area contributed by atoms with E-state index in [1.807, 2.05) is 95.6 Å². The van der Waals surface area contributed by atoms with Crippen molar-refractivity contribution >= 4 is 17.6 Å². The molecule has 0 spiro atoms. The molecule has 0 amide bonds. The van der Waals surface area contributed by atoms with Gasteiger partial charge in [0, 0.05) is 28.3 Å². The molecule has 4 heteroatoms. The van der Waals surface area contributed by atoms with Gasteiger partial charge in [-0.25, -0.2) is 4.79 Å². The van der Waals surface area contributed by atoms with E-state index in [0.717, 1.165) is 27.9 Å². The second kappa shape index (κ2) is 8.29. The number of hydrogen-bond acceptors (Lipinski definition) is 1. The Hall–Kier alpha value is -3.43. The van der Waals surface area contributed by atoms with Gasteiger partial charge in [0.1, 0.15) is 0 Å². The molecule has 1 aromatic heterocycles. The quantitative estimate of drug-likeness (QED) is 0.436. The molecule has 0 bridgehead atoms. The summed E-state index contributed by atoms with van der Waals surface area (Å²) in [5.74, 6) is -0.964. The van der Waals surface area contributed by atoms with Gasteiger partial charge in [-0.05, 0) is 35.4 Å². The Bertz CT molecular complexity index is 1140. The summed E-state index contributed by atoms with van der Waals surface area (Å²) in [5, 5.41) is 10.6. The zero-order chi connectivity index (χ0) is 20.2. The summed E-state index contributed by atoms with van der Waals surface area (Å²) in [6.07, 6.45) is 0. The van der Waals surface area contributed by atoms with Crippen LogP contribution in [0.1, 0.15) is 16.1 Å². The minimum Gasteiger partial charge on any atom is -0.473 e. The molecule has 0 aliphatic carbocycles. The van der Waals surface area contributed by atoms with Gasteiger partial charge in [-0.3, -0.25) is 0 Å². The number of benzene rings is 3. The van der Waals surface area contributed by atoms with Crippen LogP contribution in [0.25, 0.3) is 22.4 Å². The Morgan fingerprint density at radius 1 is 0.759 bits per heavy atom. The number of halogens is 1. The lowest BCUT2D eigenvalue weighted by molar-refractivity contribution is -0.679. The lowest BCUT2D eigenvalue weighted by Gasteiger charge is -2.11. The monoisotopic (exact) mass is 400 g/mol. The zero-order valence-electron chi connectivity index (χ0n) is 15.6. The maximum Gasteiger partial charge on any atom is 0.401 e. The molecule has 0 aliphatic rings. The number of hydrogen-bond donors (Lipinski definition) is 1. The van der Waals surface area contributed by atoms with Gasteiger partial charge in [0.15, 0.2) is 6.54 Å². The van der Waals surface area contributed by atoms with Gasteiger partial charge < -0.3 is 5.11 Å². The number of carbonyl (C=O) groups is 1. The van der Waals surface area contributed by atoms with Crippen LogP contribution in [0, 0.1) is 0 Å². The predicted molar refractivity (Wildman–Crippen MR) is 115 cm³/mol. The third-order valence-corrected chi connectivity index (χ3v) is 5.07. The summed E-state index contributed by atoms with van der Waals surface area (Å²) in [4.78, 5) is 12.2. The Morgan fingerprint density at radius 2 is 1.34 bits per heavy atom. The minimum absolute atomic E-state index is 0.236. The zero-order valence-corrected chi connectivity index (χ0v) is 16.4. The molecule has 4 rings (SSSR count). The highest BCUT2D eigenvalue weighted by atomic mass is 35.5. The number of carboxylic acid groups (broad SMARTS) is 1. The van der Waals surface area contributed by atoms with E-state index in [0.29, 0.717) is 11.6 Å². The highest BCUT2D eigenvalue weighted by molar-refractivity contribution is 6.30. The van der Waals surface area contributed by atoms with Crippen LogP contribution in [0.4, 0.5) is 0 Å². The first kappa shape index (κ1) is 18.9. The second-order valence-electron chi connectivity index (χ2n) is 6.76. The molecule has 0 atom stereocenters. The summed E-state index contributed by atoms with van der Waals surface area (Å²) in [7, 11) is 0. The van der Waals surface area contributed by atoms with Gasteiger partial charge in [0.25, 0.3) is 5.69 Å². The highest BCUT2D eigenvalue weighted by Crippen LogP contribution is 2.25. The van der Waals surface area contributed by atoms with Gasteiger partial charge in [-0.2, -0.15) is 4.57 Å². The number of aromatic carboxylic acids is 1. The van der Waals surface area contributed by atoms with E-state index in [1.165, 1.54) is 0 Å². The standard InChI is InChI=1S/C25H18ClNO2/c26-22-13-11-18(12-14-22)17-27-23(20-9-5-2-6-10-20)15-21(16-24(27)25(28)29)19-7-3-1-4-8-19/h1-16H,17H2/p+1. The van der Waals surface area contributed by atoms with Gasteiger partial charge >= 0.3 is 5.97 Å². The molecular formula is C25H19ClNO2+. The van der Waals surface area contributed by atoms with E-state index in [1.54, 1.807) is 6.07 Å². The molecule has 29 heavy (non-hydrogen) atoms. The molecule has 1 N–H and O–H groups in total. The second-order valence-corrected chi connectivity index (χ2v) is 7.20. The van der Waals surface area contributed by atoms with Crippen molar-refractivity contribution in [1.29, 1.82) is 0 Å². The Balaban J connectivity index is 1.94. The maximum absolute atomic E-state index is 12.2. The van der Waals surface area contributed by atoms with E-state index in [-0.39, 0.29) is 5.69 Å². The van der Waals surface area contributed by atoms with Crippen LogP contribution in [0.15, 0.2) is 97.1 Å². The fourth-order valence-electron chi connectivity index (χ4n) is 3.39. The van der Waals surface area contributed by atoms with Gasteiger partial charge in [0.05, 0.1) is 0 Å². The first-order valence-corrected chi connectivity index (χ1v) is 9.66. The van der Waals surface area contributed by atoms with Crippen molar-refractivity contribution in [3.63, 3.8) is 0 Å². The van der Waals surface area contributed by atoms with Crippen molar-refractivity contribution in [3.8, 4) is 22.4 Å². The third-order valence-electron chi connectivity index (χ3n) is 4.82. The van der Waals surface area contributed by atoms with Crippen molar-refractivity contribution in [2.75, 3.05) is 0 Å². The molecule has 0 unspecified atom stereocenters. The molecule has 4 aromatic rings. The van der Waals surface area contributed by atoms with Crippen LogP contribution >= 0.6 is 11.6 Å². The van der Waals surface area contributed by atoms with Crippen molar-refractivity contribution in [3.05, 3.63) is 113 Å². The largest absolute Gasteiger partial charge is 0.473 e. The van der Waals surface area contributed by atoms with E-state index in [2.05, 4.69) is 0 Å². The van der Waals surface area contributed by atoms with Gasteiger partial charge in [-0.15, -0.1) is 0 Å². The number of aromatic nitrogens is 1. The summed E-state index contributed by atoms with van der Waals surface area (Å²) < 4.78 is 1.84. The molecule has 0 saturated heterocycles. The van der Waals surface area contributed by atoms with Crippen LogP contribution in [0.3, 0.4) is 0 Å². The van der Waals surface area contributed by atoms with Crippen molar-refractivity contribution in [1.82, 2.24) is 0 Å². The fraction of sp³-hybridized carbons (Fsp3) is 0.0400. The van der Waals surface area contributed by atoms with E-state index in [9.17, 15) is 9.90 Å². The normalized spacial score (nSPS) is 10.7. The van der Waals surface area contributed by atoms with Crippen LogP contribution in [-0.4, -0.2) is 11.1 Å². The highest BCUT2D eigenvalue weighted by Gasteiger charge is 2.26. The number of carboxylic acids is 1. The smallest absolute Gasteiger partial charge is 0.401 e. The Kier molecular flexibility index (Phi) is 5.41. The summed E-state index contributed by atoms with van der Waals surface area (Å²) in [6, 6.07) is 30.9. The maximum atomic E-state index is 12.2. The molecule has 3 nitrogen and oxygen atoms in total. The van der Waals surface area contributed by atoms with Gasteiger partial charge in [-0.1, -0.05) is 72.3 Å². The molecular weight excluding hydrogens is 382 g/mol. The molecule has 0 radical (unpaired) electrons. The SMILES string of the molecule is O=C(O)c1cc(-c2ccccc2)cc(-c2ccccc2)[n+]1Cc1ccc(Cl)cc1. The molecule has 3 aromatic carbocycles. The Labute approximate surface area is 174 Å². The van der Waals surface area contributed by atoms with Crippen LogP contribution in [0.5, 0.6) is 0 Å². The van der Waals surface area contributed by atoms with Crippen LogP contribution < -0.4 is 4.57 Å². The van der Waals surface area contributed by atoms with E-state index in [4.69, 9.17) is 11.6 Å². The molecule has 0 fully saturated rings. The number of pyridine rings is 1. The lowest BCUT2D eigenvalue weighted by atomic mass is 10.0. The molecule has 0 aliphatic heterocycles. The summed E-state index contributed by atoms with van der Waals surface area (Å²) >= 11 is 6.01. The average molecular weight is 401 g/mol. The third kappa shape index (κ3) is 4.20. The van der Waals surface area contributed by atoms with Crippen molar-refractivity contribution < 1.29 is 14.5 Å². The topological polar surface area (TPSA) is 41.2 Å². The lowest BCUT2D eigenvalue weighted by Crippen LogP contribution is -2.43. The van der Waals surface area contributed by atoms with Gasteiger partial charge in [0.2, 0.25) is 5.69 Å². The summed E-state index contributed by atoms with van der Waals surface area (Å²) in [6.45, 7) is 0.429. The van der Waals surface area contributed by atoms with Crippen molar-refractivity contribution in [2.45, 2.75) is 6.54 Å². The first-order chi connectivity index (χ1) is 14.1. The molecule has 1 heterocycles. The predicted octanol–water partition coefficient (Wildman–Crippen LogP) is 5.71. The van der Waals surface area contributed by atoms with Crippen LogP contribution in [-0.2, 0) is 6.54 Å². The Morgan fingerprint density at radius 3 is 1.93 bits per heavy atom. The number of rotatable bonds is 5. The van der Waals surface area contributed by atoms with Crippen molar-refractivity contribution in [2.24, 2.45) is 0 Å². The average Bonchev–Trinajstić information content (AvgIpc) is 2.76. The molecule has 142 valence electrons. The van der Waals surface area contributed by atoms with Crippen LogP contribution in [0.2, 0.25) is 5.02 Å².